The van der Waals surface area contributed by atoms with Crippen molar-refractivity contribution in [3.8, 4) is 0 Å². The van der Waals surface area contributed by atoms with E-state index in [0.717, 1.165) is 18.2 Å². The number of hydrogen-bond donors (Lipinski definition) is 1. The summed E-state index contributed by atoms with van der Waals surface area (Å²) in [5.41, 5.74) is 1.26. The first-order valence-electron chi connectivity index (χ1n) is 7.54. The Labute approximate surface area is 125 Å². The van der Waals surface area contributed by atoms with Crippen molar-refractivity contribution in [1.82, 2.24) is 10.3 Å². The van der Waals surface area contributed by atoms with Crippen LogP contribution in [0.3, 0.4) is 0 Å². The van der Waals surface area contributed by atoms with Gasteiger partial charge in [0.2, 0.25) is 0 Å². The minimum Gasteiger partial charge on any atom is -0.313 e. The Kier molecular flexibility index (Phi) is 6.68. The van der Waals surface area contributed by atoms with Crippen LogP contribution in [0.2, 0.25) is 0 Å². The SMILES string of the molecule is CCNC(CSC1CCCCC1)Cc1csc(C)n1. The van der Waals surface area contributed by atoms with Gasteiger partial charge in [-0.25, -0.2) is 4.98 Å². The maximum atomic E-state index is 4.60. The number of nitrogens with one attached hydrogen (secondary N) is 1. The van der Waals surface area contributed by atoms with Crippen LogP contribution in [-0.4, -0.2) is 28.6 Å². The molecule has 1 aliphatic carbocycles. The molecule has 1 heterocycles. The summed E-state index contributed by atoms with van der Waals surface area (Å²) in [5, 5.41) is 7.93. The third kappa shape index (κ3) is 5.44. The molecule has 1 fully saturated rings. The molecular weight excluding hydrogens is 272 g/mol. The van der Waals surface area contributed by atoms with Gasteiger partial charge in [0.1, 0.15) is 0 Å². The number of hydrogen-bond acceptors (Lipinski definition) is 4. The van der Waals surface area contributed by atoms with Gasteiger partial charge in [0.15, 0.2) is 0 Å². The third-order valence-corrected chi connectivity index (χ3v) is 6.06. The van der Waals surface area contributed by atoms with Crippen LogP contribution in [0.25, 0.3) is 0 Å². The molecule has 0 bridgehead atoms. The fourth-order valence-corrected chi connectivity index (χ4v) is 4.75. The summed E-state index contributed by atoms with van der Waals surface area (Å²) < 4.78 is 0. The molecule has 4 heteroatoms. The quantitative estimate of drug-likeness (QED) is 0.822. The van der Waals surface area contributed by atoms with Crippen molar-refractivity contribution in [3.05, 3.63) is 16.1 Å². The summed E-state index contributed by atoms with van der Waals surface area (Å²) in [6.07, 6.45) is 8.27. The molecule has 1 N–H and O–H groups in total. The first-order valence-corrected chi connectivity index (χ1v) is 9.46. The maximum absolute atomic E-state index is 4.60. The molecule has 1 saturated carbocycles. The van der Waals surface area contributed by atoms with Crippen molar-refractivity contribution in [1.29, 1.82) is 0 Å². The molecule has 1 aromatic heterocycles. The van der Waals surface area contributed by atoms with Crippen LogP contribution >= 0.6 is 23.1 Å². The van der Waals surface area contributed by atoms with E-state index in [4.69, 9.17) is 0 Å². The Balaban J connectivity index is 1.78. The highest BCUT2D eigenvalue weighted by atomic mass is 32.2. The zero-order valence-electron chi connectivity index (χ0n) is 12.2. The lowest BCUT2D eigenvalue weighted by atomic mass is 10.0. The Morgan fingerprint density at radius 2 is 2.21 bits per heavy atom. The average Bonchev–Trinajstić information content (AvgIpc) is 2.83. The van der Waals surface area contributed by atoms with Gasteiger partial charge in [-0.3, -0.25) is 0 Å². The van der Waals surface area contributed by atoms with Gasteiger partial charge in [-0.2, -0.15) is 11.8 Å². The Hall–Kier alpha value is -0.0600. The fourth-order valence-electron chi connectivity index (χ4n) is 2.72. The molecule has 2 rings (SSSR count). The molecule has 0 spiro atoms. The maximum Gasteiger partial charge on any atom is 0.0897 e. The summed E-state index contributed by atoms with van der Waals surface area (Å²) in [7, 11) is 0. The molecule has 2 nitrogen and oxygen atoms in total. The van der Waals surface area contributed by atoms with E-state index in [-0.39, 0.29) is 0 Å². The second-order valence-corrected chi connectivity index (χ2v) is 7.81. The van der Waals surface area contributed by atoms with Crippen molar-refractivity contribution in [2.75, 3.05) is 12.3 Å². The molecule has 1 aromatic rings. The van der Waals surface area contributed by atoms with Gasteiger partial charge in [-0.15, -0.1) is 11.3 Å². The Bertz CT molecular complexity index is 359. The lowest BCUT2D eigenvalue weighted by Crippen LogP contribution is -2.34. The van der Waals surface area contributed by atoms with Crippen molar-refractivity contribution in [2.45, 2.75) is 63.7 Å². The Morgan fingerprint density at radius 3 is 2.84 bits per heavy atom. The van der Waals surface area contributed by atoms with Gasteiger partial charge in [0.05, 0.1) is 10.7 Å². The van der Waals surface area contributed by atoms with Gasteiger partial charge in [0.25, 0.3) is 0 Å². The first kappa shape index (κ1) is 15.3. The van der Waals surface area contributed by atoms with Gasteiger partial charge < -0.3 is 5.32 Å². The summed E-state index contributed by atoms with van der Waals surface area (Å²) in [6.45, 7) is 5.34. The standard InChI is InChI=1S/C15H26N2S2/c1-3-16-13(9-14-11-18-12(2)17-14)10-19-15-7-5-4-6-8-15/h11,13,15-16H,3-10H2,1-2H3. The van der Waals surface area contributed by atoms with E-state index < -0.39 is 0 Å². The summed E-state index contributed by atoms with van der Waals surface area (Å²) in [6, 6.07) is 0.582. The predicted octanol–water partition coefficient (Wildman–Crippen LogP) is 4.04. The minimum absolute atomic E-state index is 0.582. The lowest BCUT2D eigenvalue weighted by molar-refractivity contribution is 0.512. The van der Waals surface area contributed by atoms with E-state index in [2.05, 4.69) is 41.3 Å². The number of likely N-dealkylation sites (N-methyl/N-ethyl adjacent to an activating group) is 1. The van der Waals surface area contributed by atoms with Crippen LogP contribution in [0.15, 0.2) is 5.38 Å². The molecule has 1 aliphatic rings. The van der Waals surface area contributed by atoms with Crippen LogP contribution in [0, 0.1) is 6.92 Å². The van der Waals surface area contributed by atoms with Crippen molar-refractivity contribution >= 4 is 23.1 Å². The molecule has 0 aliphatic heterocycles. The van der Waals surface area contributed by atoms with Crippen molar-refractivity contribution in [3.63, 3.8) is 0 Å². The van der Waals surface area contributed by atoms with Gasteiger partial charge in [0, 0.05) is 28.8 Å². The third-order valence-electron chi connectivity index (χ3n) is 3.70. The monoisotopic (exact) mass is 298 g/mol. The van der Waals surface area contributed by atoms with Gasteiger partial charge in [-0.1, -0.05) is 26.2 Å². The van der Waals surface area contributed by atoms with E-state index in [1.165, 1.54) is 48.6 Å². The zero-order valence-corrected chi connectivity index (χ0v) is 13.8. The molecule has 1 unspecified atom stereocenters. The van der Waals surface area contributed by atoms with Crippen LogP contribution in [-0.2, 0) is 6.42 Å². The smallest absolute Gasteiger partial charge is 0.0897 e. The van der Waals surface area contributed by atoms with E-state index >= 15 is 0 Å². The number of aryl methyl sites for hydroxylation is 1. The summed E-state index contributed by atoms with van der Waals surface area (Å²) in [5.74, 6) is 1.23. The molecule has 0 saturated heterocycles. The van der Waals surface area contributed by atoms with Crippen molar-refractivity contribution in [2.24, 2.45) is 0 Å². The summed E-state index contributed by atoms with van der Waals surface area (Å²) in [4.78, 5) is 4.60. The highest BCUT2D eigenvalue weighted by molar-refractivity contribution is 7.99. The number of nitrogens with zero attached hydrogens (tertiary/aromatic N) is 1. The molecule has 0 aromatic carbocycles. The molecular formula is C15H26N2S2. The van der Waals surface area contributed by atoms with Gasteiger partial charge in [-0.05, 0) is 26.3 Å². The first-order chi connectivity index (χ1) is 9.28. The van der Waals surface area contributed by atoms with Crippen LogP contribution in [0.4, 0.5) is 0 Å². The summed E-state index contributed by atoms with van der Waals surface area (Å²) >= 11 is 3.95. The average molecular weight is 299 g/mol. The fraction of sp³-hybridized carbons (Fsp3) is 0.800. The second kappa shape index (κ2) is 8.28. The molecule has 1 atom stereocenters. The van der Waals surface area contributed by atoms with E-state index in [0.29, 0.717) is 6.04 Å². The topological polar surface area (TPSA) is 24.9 Å². The zero-order chi connectivity index (χ0) is 13.5. The normalized spacial score (nSPS) is 18.6. The highest BCUT2D eigenvalue weighted by Crippen LogP contribution is 2.28. The van der Waals surface area contributed by atoms with Crippen LogP contribution < -0.4 is 5.32 Å². The number of rotatable bonds is 7. The number of thioether (sulfide) groups is 1. The van der Waals surface area contributed by atoms with Crippen LogP contribution in [0.1, 0.15) is 49.7 Å². The highest BCUT2D eigenvalue weighted by Gasteiger charge is 2.17. The van der Waals surface area contributed by atoms with E-state index in [1.54, 1.807) is 11.3 Å². The van der Waals surface area contributed by atoms with E-state index in [9.17, 15) is 0 Å². The number of thiazole rings is 1. The second-order valence-electron chi connectivity index (χ2n) is 5.41. The largest absolute Gasteiger partial charge is 0.313 e. The molecule has 0 radical (unpaired) electrons. The molecule has 19 heavy (non-hydrogen) atoms. The lowest BCUT2D eigenvalue weighted by Gasteiger charge is -2.24. The van der Waals surface area contributed by atoms with E-state index in [1.807, 2.05) is 0 Å². The van der Waals surface area contributed by atoms with Crippen LogP contribution in [0.5, 0.6) is 0 Å². The molecule has 0 amide bonds. The molecule has 108 valence electrons. The van der Waals surface area contributed by atoms with Crippen molar-refractivity contribution < 1.29 is 0 Å². The predicted molar refractivity (Wildman–Crippen MR) is 87.4 cm³/mol. The Morgan fingerprint density at radius 1 is 1.42 bits per heavy atom. The minimum atomic E-state index is 0.582. The number of aromatic nitrogens is 1. The van der Waals surface area contributed by atoms with Gasteiger partial charge >= 0.3 is 0 Å².